The maximum atomic E-state index is 13.6. The summed E-state index contributed by atoms with van der Waals surface area (Å²) >= 11 is 6.23. The van der Waals surface area contributed by atoms with Gasteiger partial charge in [-0.15, -0.1) is 0 Å². The Morgan fingerprint density at radius 3 is 3.07 bits per heavy atom. The van der Waals surface area contributed by atoms with Crippen molar-refractivity contribution in [2.75, 3.05) is 31.5 Å². The first-order chi connectivity index (χ1) is 13.5. The number of benzene rings is 1. The van der Waals surface area contributed by atoms with Crippen LogP contribution in [0.15, 0.2) is 30.5 Å². The van der Waals surface area contributed by atoms with Gasteiger partial charge in [0.2, 0.25) is 5.91 Å². The van der Waals surface area contributed by atoms with Crippen molar-refractivity contribution in [3.8, 4) is 6.07 Å². The van der Waals surface area contributed by atoms with Crippen LogP contribution in [0.4, 0.5) is 10.1 Å². The lowest BCUT2D eigenvalue weighted by Crippen LogP contribution is -2.42. The van der Waals surface area contributed by atoms with Gasteiger partial charge in [0.1, 0.15) is 12.2 Å². The molecule has 1 aromatic heterocycles. The fraction of sp³-hybridized carbons (Fsp3) is 0.450. The van der Waals surface area contributed by atoms with E-state index in [-0.39, 0.29) is 31.5 Å². The molecule has 2 fully saturated rings. The largest absolute Gasteiger partial charge is 0.380 e. The van der Waals surface area contributed by atoms with Crippen molar-refractivity contribution in [1.29, 1.82) is 5.26 Å². The predicted octanol–water partition coefficient (Wildman–Crippen LogP) is 2.84. The number of para-hydroxylation sites is 1. The van der Waals surface area contributed by atoms with Crippen molar-refractivity contribution in [3.05, 3.63) is 35.5 Å². The standard InChI is InChI=1S/C20H21ClFN5O/c21-17-3-1-2-16-18(4-6-24-20(16)17)25-14-5-7-26(11-14)12-19(28)27-10-13(22)8-15(27)9-23/h1-4,6,13-15H,5,7-8,10-12H2,(H,24,25)/t13-,14+,15-/m0/s1. The van der Waals surface area contributed by atoms with E-state index in [0.29, 0.717) is 11.6 Å². The first-order valence-corrected chi connectivity index (χ1v) is 9.78. The van der Waals surface area contributed by atoms with Gasteiger partial charge in [0, 0.05) is 42.8 Å². The highest BCUT2D eigenvalue weighted by Gasteiger charge is 2.36. The highest BCUT2D eigenvalue weighted by molar-refractivity contribution is 6.35. The quantitative estimate of drug-likeness (QED) is 0.852. The zero-order valence-corrected chi connectivity index (χ0v) is 16.1. The Bertz CT molecular complexity index is 932. The van der Waals surface area contributed by atoms with Gasteiger partial charge in [-0.25, -0.2) is 4.39 Å². The molecule has 2 aliphatic heterocycles. The molecule has 6 nitrogen and oxygen atoms in total. The van der Waals surface area contributed by atoms with E-state index in [4.69, 9.17) is 16.9 Å². The van der Waals surface area contributed by atoms with Crippen LogP contribution in [0.5, 0.6) is 0 Å². The monoisotopic (exact) mass is 401 g/mol. The summed E-state index contributed by atoms with van der Waals surface area (Å²) in [5.74, 6) is -0.173. The molecule has 0 radical (unpaired) electrons. The number of hydrogen-bond acceptors (Lipinski definition) is 5. The van der Waals surface area contributed by atoms with Gasteiger partial charge in [-0.3, -0.25) is 14.7 Å². The van der Waals surface area contributed by atoms with Crippen LogP contribution in [0, 0.1) is 11.3 Å². The maximum Gasteiger partial charge on any atom is 0.237 e. The smallest absolute Gasteiger partial charge is 0.237 e. The minimum Gasteiger partial charge on any atom is -0.380 e. The van der Waals surface area contributed by atoms with Crippen LogP contribution in [0.1, 0.15) is 12.8 Å². The number of nitrogens with zero attached hydrogens (tertiary/aromatic N) is 4. The number of rotatable bonds is 4. The summed E-state index contributed by atoms with van der Waals surface area (Å²) in [7, 11) is 0. The Morgan fingerprint density at radius 2 is 2.25 bits per heavy atom. The number of nitrogens with one attached hydrogen (secondary N) is 1. The van der Waals surface area contributed by atoms with E-state index in [0.717, 1.165) is 29.6 Å². The predicted molar refractivity (Wildman–Crippen MR) is 106 cm³/mol. The lowest BCUT2D eigenvalue weighted by Gasteiger charge is -2.23. The van der Waals surface area contributed by atoms with Gasteiger partial charge in [0.25, 0.3) is 0 Å². The topological polar surface area (TPSA) is 72.3 Å². The molecule has 1 amide bonds. The van der Waals surface area contributed by atoms with Crippen molar-refractivity contribution in [1.82, 2.24) is 14.8 Å². The molecule has 1 aromatic carbocycles. The fourth-order valence-electron chi connectivity index (χ4n) is 4.04. The number of pyridine rings is 1. The SMILES string of the molecule is N#C[C@@H]1C[C@H](F)CN1C(=O)CN1CC[C@@H](Nc2ccnc3c(Cl)cccc23)C1. The molecule has 0 bridgehead atoms. The molecule has 0 spiro atoms. The van der Waals surface area contributed by atoms with Gasteiger partial charge in [-0.1, -0.05) is 23.7 Å². The molecule has 2 aliphatic rings. The zero-order valence-electron chi connectivity index (χ0n) is 15.3. The zero-order chi connectivity index (χ0) is 19.7. The van der Waals surface area contributed by atoms with Gasteiger partial charge in [-0.2, -0.15) is 5.26 Å². The number of carbonyl (C=O) groups excluding carboxylic acids is 1. The average Bonchev–Trinajstić information content (AvgIpc) is 3.28. The molecule has 2 saturated heterocycles. The number of halogens is 2. The van der Waals surface area contributed by atoms with Crippen LogP contribution < -0.4 is 5.32 Å². The van der Waals surface area contributed by atoms with Gasteiger partial charge in [-0.05, 0) is 18.6 Å². The Balaban J connectivity index is 1.38. The van der Waals surface area contributed by atoms with Crippen LogP contribution in [0.2, 0.25) is 5.02 Å². The van der Waals surface area contributed by atoms with Crippen LogP contribution in [0.25, 0.3) is 10.9 Å². The summed E-state index contributed by atoms with van der Waals surface area (Å²) < 4.78 is 13.6. The molecule has 146 valence electrons. The molecule has 4 rings (SSSR count). The summed E-state index contributed by atoms with van der Waals surface area (Å²) in [4.78, 5) is 20.3. The third-order valence-electron chi connectivity index (χ3n) is 5.43. The molecular weight excluding hydrogens is 381 g/mol. The Hall–Kier alpha value is -2.43. The highest BCUT2D eigenvalue weighted by atomic mass is 35.5. The number of amides is 1. The summed E-state index contributed by atoms with van der Waals surface area (Å²) in [6.07, 6.45) is 1.64. The molecule has 0 aliphatic carbocycles. The van der Waals surface area contributed by atoms with E-state index in [1.165, 1.54) is 4.90 Å². The van der Waals surface area contributed by atoms with Crippen molar-refractivity contribution in [2.45, 2.75) is 31.1 Å². The van der Waals surface area contributed by atoms with E-state index in [2.05, 4.69) is 15.2 Å². The average molecular weight is 402 g/mol. The lowest BCUT2D eigenvalue weighted by atomic mass is 10.1. The second kappa shape index (κ2) is 7.90. The first-order valence-electron chi connectivity index (χ1n) is 9.40. The number of nitriles is 1. The third kappa shape index (κ3) is 3.75. The third-order valence-corrected chi connectivity index (χ3v) is 5.74. The number of likely N-dealkylation sites (tertiary alicyclic amines) is 2. The van der Waals surface area contributed by atoms with E-state index in [1.807, 2.05) is 30.3 Å². The summed E-state index contributed by atoms with van der Waals surface area (Å²) in [5.41, 5.74) is 1.73. The van der Waals surface area contributed by atoms with Gasteiger partial charge in [0.15, 0.2) is 0 Å². The molecule has 3 atom stereocenters. The second-order valence-electron chi connectivity index (χ2n) is 7.38. The molecule has 0 unspecified atom stereocenters. The number of carbonyl (C=O) groups is 1. The number of hydrogen-bond donors (Lipinski definition) is 1. The molecule has 1 N–H and O–H groups in total. The van der Waals surface area contributed by atoms with Crippen LogP contribution in [-0.4, -0.2) is 65.1 Å². The molecule has 2 aromatic rings. The van der Waals surface area contributed by atoms with Gasteiger partial charge >= 0.3 is 0 Å². The Morgan fingerprint density at radius 1 is 1.39 bits per heavy atom. The van der Waals surface area contributed by atoms with Crippen molar-refractivity contribution in [2.24, 2.45) is 0 Å². The maximum absolute atomic E-state index is 13.6. The highest BCUT2D eigenvalue weighted by Crippen LogP contribution is 2.28. The van der Waals surface area contributed by atoms with E-state index in [1.54, 1.807) is 6.20 Å². The fourth-order valence-corrected chi connectivity index (χ4v) is 4.27. The molecular formula is C20H21ClFN5O. The van der Waals surface area contributed by atoms with Crippen molar-refractivity contribution >= 4 is 34.1 Å². The van der Waals surface area contributed by atoms with Crippen molar-refractivity contribution < 1.29 is 9.18 Å². The van der Waals surface area contributed by atoms with E-state index >= 15 is 0 Å². The minimum absolute atomic E-state index is 0.0241. The van der Waals surface area contributed by atoms with E-state index < -0.39 is 12.2 Å². The van der Waals surface area contributed by atoms with Crippen LogP contribution in [0.3, 0.4) is 0 Å². The normalized spacial score (nSPS) is 25.2. The van der Waals surface area contributed by atoms with Gasteiger partial charge in [0.05, 0.1) is 29.7 Å². The molecule has 8 heteroatoms. The Kier molecular flexibility index (Phi) is 5.33. The molecule has 28 heavy (non-hydrogen) atoms. The summed E-state index contributed by atoms with van der Waals surface area (Å²) in [6, 6.07) is 9.20. The molecule has 3 heterocycles. The summed E-state index contributed by atoms with van der Waals surface area (Å²) in [5, 5.41) is 14.2. The van der Waals surface area contributed by atoms with Gasteiger partial charge < -0.3 is 10.2 Å². The number of aromatic nitrogens is 1. The van der Waals surface area contributed by atoms with Crippen LogP contribution >= 0.6 is 11.6 Å². The number of fused-ring (bicyclic) bond motifs is 1. The second-order valence-corrected chi connectivity index (χ2v) is 7.79. The van der Waals surface area contributed by atoms with Crippen molar-refractivity contribution in [3.63, 3.8) is 0 Å². The Labute approximate surface area is 167 Å². The minimum atomic E-state index is -1.10. The summed E-state index contributed by atoms with van der Waals surface area (Å²) in [6.45, 7) is 1.72. The van der Waals surface area contributed by atoms with Crippen LogP contribution in [-0.2, 0) is 4.79 Å². The lowest BCUT2D eigenvalue weighted by molar-refractivity contribution is -0.132. The molecule has 0 saturated carbocycles. The number of alkyl halides is 1. The number of anilines is 1. The van der Waals surface area contributed by atoms with E-state index in [9.17, 15) is 9.18 Å². The first kappa shape index (κ1) is 18.9.